The molecular formula is C11H17NO. The van der Waals surface area contributed by atoms with Crippen molar-refractivity contribution in [3.63, 3.8) is 0 Å². The van der Waals surface area contributed by atoms with Gasteiger partial charge in [-0.2, -0.15) is 0 Å². The molecule has 0 aliphatic heterocycles. The zero-order valence-corrected chi connectivity index (χ0v) is 8.39. The standard InChI is InChI=1S/C11H17NO/c1-7-10(2,3)8-4-5-11(7,6-8)9(12)13/h8H,1,4-6H2,2-3H3,(H2,12,13). The van der Waals surface area contributed by atoms with Crippen molar-refractivity contribution >= 4 is 5.91 Å². The molecular weight excluding hydrogens is 162 g/mol. The minimum absolute atomic E-state index is 0.118. The van der Waals surface area contributed by atoms with Gasteiger partial charge in [-0.05, 0) is 30.6 Å². The summed E-state index contributed by atoms with van der Waals surface area (Å²) >= 11 is 0. The quantitative estimate of drug-likeness (QED) is 0.613. The van der Waals surface area contributed by atoms with Crippen LogP contribution in [0.25, 0.3) is 0 Å². The third-order valence-electron chi connectivity index (χ3n) is 4.36. The van der Waals surface area contributed by atoms with E-state index in [1.807, 2.05) is 0 Å². The van der Waals surface area contributed by atoms with Gasteiger partial charge in [-0.1, -0.05) is 26.0 Å². The second-order valence-electron chi connectivity index (χ2n) is 5.09. The van der Waals surface area contributed by atoms with E-state index in [0.717, 1.165) is 24.8 Å². The first-order valence-electron chi connectivity index (χ1n) is 4.91. The molecule has 0 aromatic heterocycles. The zero-order valence-electron chi connectivity index (χ0n) is 8.39. The van der Waals surface area contributed by atoms with Gasteiger partial charge in [0.15, 0.2) is 0 Å². The Labute approximate surface area is 79.2 Å². The summed E-state index contributed by atoms with van der Waals surface area (Å²) in [6.07, 6.45) is 3.00. The summed E-state index contributed by atoms with van der Waals surface area (Å²) in [4.78, 5) is 11.4. The summed E-state index contributed by atoms with van der Waals surface area (Å²) in [5, 5.41) is 0. The number of rotatable bonds is 1. The predicted octanol–water partition coefficient (Wildman–Crippen LogP) is 1.85. The van der Waals surface area contributed by atoms with Crippen LogP contribution in [0.15, 0.2) is 12.2 Å². The number of hydrogen-bond donors (Lipinski definition) is 1. The van der Waals surface area contributed by atoms with Crippen molar-refractivity contribution < 1.29 is 4.79 Å². The van der Waals surface area contributed by atoms with E-state index < -0.39 is 0 Å². The monoisotopic (exact) mass is 179 g/mol. The van der Waals surface area contributed by atoms with Crippen LogP contribution in [0.3, 0.4) is 0 Å². The zero-order chi connectivity index (χ0) is 9.85. The van der Waals surface area contributed by atoms with Gasteiger partial charge in [0.05, 0.1) is 5.41 Å². The summed E-state index contributed by atoms with van der Waals surface area (Å²) in [6, 6.07) is 0. The van der Waals surface area contributed by atoms with E-state index in [4.69, 9.17) is 5.73 Å². The lowest BCUT2D eigenvalue weighted by atomic mass is 9.68. The second-order valence-corrected chi connectivity index (χ2v) is 5.09. The van der Waals surface area contributed by atoms with Crippen LogP contribution in [0, 0.1) is 16.7 Å². The molecule has 2 N–H and O–H groups in total. The lowest BCUT2D eigenvalue weighted by molar-refractivity contribution is -0.125. The smallest absolute Gasteiger partial charge is 0.227 e. The highest BCUT2D eigenvalue weighted by Crippen LogP contribution is 2.65. The van der Waals surface area contributed by atoms with Crippen molar-refractivity contribution in [3.8, 4) is 0 Å². The molecule has 13 heavy (non-hydrogen) atoms. The van der Waals surface area contributed by atoms with E-state index in [0.29, 0.717) is 5.92 Å². The highest BCUT2D eigenvalue weighted by molar-refractivity contribution is 5.86. The first-order valence-corrected chi connectivity index (χ1v) is 4.91. The lowest BCUT2D eigenvalue weighted by Crippen LogP contribution is -2.37. The average molecular weight is 179 g/mol. The van der Waals surface area contributed by atoms with Crippen LogP contribution in [-0.2, 0) is 4.79 Å². The van der Waals surface area contributed by atoms with E-state index in [1.165, 1.54) is 0 Å². The topological polar surface area (TPSA) is 43.1 Å². The number of fused-ring (bicyclic) bond motifs is 2. The Morgan fingerprint density at radius 1 is 1.62 bits per heavy atom. The fourth-order valence-electron chi connectivity index (χ4n) is 3.17. The van der Waals surface area contributed by atoms with Gasteiger partial charge in [0.25, 0.3) is 0 Å². The van der Waals surface area contributed by atoms with Gasteiger partial charge >= 0.3 is 0 Å². The molecule has 0 heterocycles. The molecule has 2 aliphatic rings. The first-order chi connectivity index (χ1) is 5.91. The average Bonchev–Trinajstić information content (AvgIpc) is 2.53. The molecule has 2 rings (SSSR count). The van der Waals surface area contributed by atoms with Gasteiger partial charge in [-0.3, -0.25) is 4.79 Å². The van der Waals surface area contributed by atoms with Gasteiger partial charge in [-0.25, -0.2) is 0 Å². The summed E-state index contributed by atoms with van der Waals surface area (Å²) in [5.74, 6) is 0.457. The van der Waals surface area contributed by atoms with E-state index in [-0.39, 0.29) is 16.7 Å². The maximum Gasteiger partial charge on any atom is 0.227 e. The fraction of sp³-hybridized carbons (Fsp3) is 0.727. The number of nitrogens with two attached hydrogens (primary N) is 1. The Balaban J connectivity index is 2.46. The molecule has 0 spiro atoms. The highest BCUT2D eigenvalue weighted by Gasteiger charge is 2.60. The SMILES string of the molecule is C=C1C2(C(N)=O)CCC(C2)C1(C)C. The van der Waals surface area contributed by atoms with Crippen molar-refractivity contribution in [2.75, 3.05) is 0 Å². The van der Waals surface area contributed by atoms with Crippen molar-refractivity contribution in [1.29, 1.82) is 0 Å². The molecule has 2 fully saturated rings. The van der Waals surface area contributed by atoms with Gasteiger partial charge in [-0.15, -0.1) is 0 Å². The van der Waals surface area contributed by atoms with E-state index in [1.54, 1.807) is 0 Å². The fourth-order valence-corrected chi connectivity index (χ4v) is 3.17. The molecule has 2 aliphatic carbocycles. The Morgan fingerprint density at radius 3 is 2.54 bits per heavy atom. The molecule has 2 nitrogen and oxygen atoms in total. The molecule has 0 saturated heterocycles. The molecule has 2 saturated carbocycles. The van der Waals surface area contributed by atoms with E-state index in [9.17, 15) is 4.79 Å². The Bertz CT molecular complexity index is 292. The number of primary amides is 1. The van der Waals surface area contributed by atoms with Gasteiger partial charge in [0.1, 0.15) is 0 Å². The Morgan fingerprint density at radius 2 is 2.23 bits per heavy atom. The van der Waals surface area contributed by atoms with E-state index >= 15 is 0 Å². The number of carbonyl (C=O) groups excluding carboxylic acids is 1. The van der Waals surface area contributed by atoms with Crippen LogP contribution in [0.5, 0.6) is 0 Å². The molecule has 2 heteroatoms. The molecule has 0 aromatic carbocycles. The van der Waals surface area contributed by atoms with Gasteiger partial charge < -0.3 is 5.73 Å². The third-order valence-corrected chi connectivity index (χ3v) is 4.36. The number of carbonyl (C=O) groups is 1. The third kappa shape index (κ3) is 0.812. The Kier molecular flexibility index (Phi) is 1.47. The number of hydrogen-bond acceptors (Lipinski definition) is 1. The lowest BCUT2D eigenvalue weighted by Gasteiger charge is -2.36. The minimum Gasteiger partial charge on any atom is -0.369 e. The summed E-state index contributed by atoms with van der Waals surface area (Å²) in [7, 11) is 0. The normalized spacial score (nSPS) is 41.1. The highest BCUT2D eigenvalue weighted by atomic mass is 16.1. The first kappa shape index (κ1) is 8.79. The van der Waals surface area contributed by atoms with Crippen LogP contribution < -0.4 is 5.73 Å². The van der Waals surface area contributed by atoms with Gasteiger partial charge in [0.2, 0.25) is 5.91 Å². The predicted molar refractivity (Wildman–Crippen MR) is 51.9 cm³/mol. The maximum atomic E-state index is 11.4. The van der Waals surface area contributed by atoms with Gasteiger partial charge in [0, 0.05) is 0 Å². The summed E-state index contributed by atoms with van der Waals surface area (Å²) in [5.41, 5.74) is 6.32. The molecule has 72 valence electrons. The van der Waals surface area contributed by atoms with Crippen LogP contribution in [0.2, 0.25) is 0 Å². The maximum absolute atomic E-state index is 11.4. The minimum atomic E-state index is -0.353. The van der Waals surface area contributed by atoms with E-state index in [2.05, 4.69) is 20.4 Å². The largest absolute Gasteiger partial charge is 0.369 e. The van der Waals surface area contributed by atoms with Crippen LogP contribution in [0.1, 0.15) is 33.1 Å². The molecule has 0 aromatic rings. The number of amides is 1. The van der Waals surface area contributed by atoms with Crippen LogP contribution in [0.4, 0.5) is 0 Å². The van der Waals surface area contributed by atoms with Crippen LogP contribution >= 0.6 is 0 Å². The molecule has 2 unspecified atom stereocenters. The summed E-state index contributed by atoms with van der Waals surface area (Å²) < 4.78 is 0. The molecule has 0 radical (unpaired) electrons. The van der Waals surface area contributed by atoms with Crippen molar-refractivity contribution in [1.82, 2.24) is 0 Å². The molecule has 2 atom stereocenters. The Hall–Kier alpha value is -0.790. The van der Waals surface area contributed by atoms with Crippen molar-refractivity contribution in [3.05, 3.63) is 12.2 Å². The second kappa shape index (κ2) is 2.17. The molecule has 1 amide bonds. The molecule has 2 bridgehead atoms. The van der Waals surface area contributed by atoms with Crippen molar-refractivity contribution in [2.45, 2.75) is 33.1 Å². The van der Waals surface area contributed by atoms with Crippen LogP contribution in [-0.4, -0.2) is 5.91 Å². The summed E-state index contributed by atoms with van der Waals surface area (Å²) in [6.45, 7) is 8.45. The van der Waals surface area contributed by atoms with Crippen molar-refractivity contribution in [2.24, 2.45) is 22.5 Å².